The van der Waals surface area contributed by atoms with Gasteiger partial charge in [-0.1, -0.05) is 47.5 Å². The van der Waals surface area contributed by atoms with Gasteiger partial charge in [0.25, 0.3) is 11.1 Å². The first-order valence-electron chi connectivity index (χ1n) is 12.3. The van der Waals surface area contributed by atoms with Crippen LogP contribution in [0.5, 0.6) is 5.75 Å². The van der Waals surface area contributed by atoms with E-state index in [1.165, 1.54) is 4.90 Å². The molecule has 0 N–H and O–H groups in total. The predicted octanol–water partition coefficient (Wildman–Crippen LogP) is 8.09. The molecule has 2 heterocycles. The van der Waals surface area contributed by atoms with Crippen LogP contribution in [-0.4, -0.2) is 20.6 Å². The molecule has 1 aliphatic rings. The van der Waals surface area contributed by atoms with Gasteiger partial charge in [-0.25, -0.2) is 0 Å². The van der Waals surface area contributed by atoms with Crippen molar-refractivity contribution in [3.63, 3.8) is 0 Å². The maximum atomic E-state index is 13.1. The number of nitrogens with zero attached hydrogens (tertiary/aromatic N) is 3. The molecule has 40 heavy (non-hydrogen) atoms. The van der Waals surface area contributed by atoms with Crippen LogP contribution in [0.2, 0.25) is 10.0 Å². The Labute approximate surface area is 246 Å². The molecular weight excluding hydrogens is 565 g/mol. The van der Waals surface area contributed by atoms with Crippen molar-refractivity contribution in [1.29, 1.82) is 5.26 Å². The molecule has 4 aromatic rings. The quantitative estimate of drug-likeness (QED) is 0.204. The summed E-state index contributed by atoms with van der Waals surface area (Å²) in [6.45, 7) is 4.34. The number of hydrogen-bond donors (Lipinski definition) is 0. The number of nitriles is 1. The summed E-state index contributed by atoms with van der Waals surface area (Å²) in [5, 5.41) is 10.1. The normalized spacial score (nSPS) is 14.2. The molecule has 9 heteroatoms. The number of benzene rings is 3. The fourth-order valence-corrected chi connectivity index (χ4v) is 5.83. The van der Waals surface area contributed by atoms with E-state index in [-0.39, 0.29) is 17.7 Å². The second kappa shape index (κ2) is 11.6. The second-order valence-electron chi connectivity index (χ2n) is 9.22. The van der Waals surface area contributed by atoms with Crippen molar-refractivity contribution in [1.82, 2.24) is 9.47 Å². The second-order valence-corrected chi connectivity index (χ2v) is 11.1. The Hall–Kier alpha value is -3.96. The maximum absolute atomic E-state index is 13.1. The van der Waals surface area contributed by atoms with E-state index >= 15 is 0 Å². The standard InChI is InChI=1S/C31H23Cl2N3O3S/c1-19-13-24(14-29-30(37)35(31(38)40-29)17-22-6-4-3-5-21(22)16-34)20(2)36(19)26-9-11-27(12-10-26)39-18-23-7-8-25(32)15-28(23)33/h3-15H,17-18H2,1-2H3/b29-14+. The molecule has 6 nitrogen and oxygen atoms in total. The van der Waals surface area contributed by atoms with E-state index in [0.29, 0.717) is 38.4 Å². The minimum Gasteiger partial charge on any atom is -0.489 e. The molecule has 3 aromatic carbocycles. The Morgan fingerprint density at radius 2 is 1.73 bits per heavy atom. The van der Waals surface area contributed by atoms with Crippen LogP contribution in [0.15, 0.2) is 77.7 Å². The molecule has 1 saturated heterocycles. The van der Waals surface area contributed by atoms with Crippen LogP contribution in [0, 0.1) is 25.2 Å². The Balaban J connectivity index is 1.32. The largest absolute Gasteiger partial charge is 0.489 e. The predicted molar refractivity (Wildman–Crippen MR) is 159 cm³/mol. The summed E-state index contributed by atoms with van der Waals surface area (Å²) >= 11 is 13.1. The molecule has 0 bridgehead atoms. The minimum absolute atomic E-state index is 0.0589. The van der Waals surface area contributed by atoms with Gasteiger partial charge in [0, 0.05) is 32.7 Å². The van der Waals surface area contributed by atoms with Crippen molar-refractivity contribution in [2.24, 2.45) is 0 Å². The van der Waals surface area contributed by atoms with Crippen LogP contribution in [0.4, 0.5) is 4.79 Å². The number of rotatable bonds is 7. The van der Waals surface area contributed by atoms with Crippen LogP contribution in [0.25, 0.3) is 11.8 Å². The molecule has 0 radical (unpaired) electrons. The highest BCUT2D eigenvalue weighted by Gasteiger charge is 2.35. The van der Waals surface area contributed by atoms with Gasteiger partial charge in [0.05, 0.1) is 23.1 Å². The zero-order valence-corrected chi connectivity index (χ0v) is 24.0. The van der Waals surface area contributed by atoms with Crippen LogP contribution >= 0.6 is 35.0 Å². The van der Waals surface area contributed by atoms with Crippen molar-refractivity contribution in [3.05, 3.63) is 121 Å². The summed E-state index contributed by atoms with van der Waals surface area (Å²) < 4.78 is 7.99. The molecule has 2 amide bonds. The first-order valence-corrected chi connectivity index (χ1v) is 13.9. The van der Waals surface area contributed by atoms with E-state index in [1.807, 2.05) is 50.2 Å². The fraction of sp³-hybridized carbons (Fsp3) is 0.129. The van der Waals surface area contributed by atoms with Gasteiger partial charge in [-0.3, -0.25) is 14.5 Å². The molecule has 0 saturated carbocycles. The Kier molecular flexibility index (Phi) is 8.04. The van der Waals surface area contributed by atoms with Gasteiger partial charge >= 0.3 is 0 Å². The lowest BCUT2D eigenvalue weighted by Crippen LogP contribution is -2.27. The summed E-state index contributed by atoms with van der Waals surface area (Å²) in [6, 6.07) is 24.1. The van der Waals surface area contributed by atoms with E-state index in [4.69, 9.17) is 27.9 Å². The molecule has 0 atom stereocenters. The van der Waals surface area contributed by atoms with E-state index in [9.17, 15) is 14.9 Å². The number of carbonyl (C=O) groups excluding carboxylic acids is 2. The van der Waals surface area contributed by atoms with Gasteiger partial charge < -0.3 is 9.30 Å². The first kappa shape index (κ1) is 27.6. The number of halogens is 2. The molecule has 1 aliphatic heterocycles. The molecule has 0 aliphatic carbocycles. The van der Waals surface area contributed by atoms with E-state index in [0.717, 1.165) is 40.0 Å². The van der Waals surface area contributed by atoms with Crippen molar-refractivity contribution in [2.75, 3.05) is 0 Å². The lowest BCUT2D eigenvalue weighted by molar-refractivity contribution is -0.123. The monoisotopic (exact) mass is 587 g/mol. The summed E-state index contributed by atoms with van der Waals surface area (Å²) in [5.41, 5.74) is 5.62. The fourth-order valence-electron chi connectivity index (χ4n) is 4.54. The molecule has 1 aromatic heterocycles. The molecule has 0 unspecified atom stereocenters. The average Bonchev–Trinajstić information content (AvgIpc) is 3.37. The van der Waals surface area contributed by atoms with Crippen molar-refractivity contribution >= 4 is 52.2 Å². The van der Waals surface area contributed by atoms with E-state index in [1.54, 1.807) is 42.5 Å². The Morgan fingerprint density at radius 1 is 0.975 bits per heavy atom. The van der Waals surface area contributed by atoms with Gasteiger partial charge in [-0.05, 0) is 91.3 Å². The summed E-state index contributed by atoms with van der Waals surface area (Å²) in [7, 11) is 0. The molecule has 200 valence electrons. The van der Waals surface area contributed by atoms with Crippen molar-refractivity contribution < 1.29 is 14.3 Å². The molecule has 5 rings (SSSR count). The first-order chi connectivity index (χ1) is 19.2. The molecule has 1 fully saturated rings. The third kappa shape index (κ3) is 5.66. The van der Waals surface area contributed by atoms with E-state index < -0.39 is 0 Å². The number of hydrogen-bond acceptors (Lipinski definition) is 5. The number of aryl methyl sites for hydroxylation is 1. The van der Waals surface area contributed by atoms with Crippen LogP contribution in [-0.2, 0) is 17.9 Å². The SMILES string of the molecule is Cc1cc(/C=C2/SC(=O)N(Cc3ccccc3C#N)C2=O)c(C)n1-c1ccc(OCc2ccc(Cl)cc2Cl)cc1. The van der Waals surface area contributed by atoms with Gasteiger partial charge in [0.1, 0.15) is 12.4 Å². The highest BCUT2D eigenvalue weighted by molar-refractivity contribution is 8.18. The summed E-state index contributed by atoms with van der Waals surface area (Å²) in [6.07, 6.45) is 1.76. The minimum atomic E-state index is -0.366. The summed E-state index contributed by atoms with van der Waals surface area (Å²) in [4.78, 5) is 27.4. The maximum Gasteiger partial charge on any atom is 0.293 e. The Morgan fingerprint density at radius 3 is 2.45 bits per heavy atom. The molecule has 0 spiro atoms. The summed E-state index contributed by atoms with van der Waals surface area (Å²) in [5.74, 6) is 0.332. The lowest BCUT2D eigenvalue weighted by Gasteiger charge is -2.13. The number of aromatic nitrogens is 1. The average molecular weight is 589 g/mol. The topological polar surface area (TPSA) is 75.3 Å². The Bertz CT molecular complexity index is 1700. The number of carbonyl (C=O) groups is 2. The lowest BCUT2D eigenvalue weighted by atomic mass is 10.1. The third-order valence-electron chi connectivity index (χ3n) is 6.60. The van der Waals surface area contributed by atoms with Gasteiger partial charge in [-0.15, -0.1) is 0 Å². The van der Waals surface area contributed by atoms with Gasteiger partial charge in [0.2, 0.25) is 0 Å². The van der Waals surface area contributed by atoms with Crippen LogP contribution < -0.4 is 4.74 Å². The van der Waals surface area contributed by atoms with Crippen LogP contribution in [0.1, 0.15) is 33.6 Å². The zero-order chi connectivity index (χ0) is 28.4. The van der Waals surface area contributed by atoms with Gasteiger partial charge in [0.15, 0.2) is 0 Å². The van der Waals surface area contributed by atoms with Crippen LogP contribution in [0.3, 0.4) is 0 Å². The van der Waals surface area contributed by atoms with Crippen molar-refractivity contribution in [2.45, 2.75) is 27.0 Å². The van der Waals surface area contributed by atoms with E-state index in [2.05, 4.69) is 10.6 Å². The highest BCUT2D eigenvalue weighted by atomic mass is 35.5. The number of amides is 2. The third-order valence-corrected chi connectivity index (χ3v) is 8.10. The number of imide groups is 1. The zero-order valence-electron chi connectivity index (χ0n) is 21.7. The highest BCUT2D eigenvalue weighted by Crippen LogP contribution is 2.35. The van der Waals surface area contributed by atoms with Gasteiger partial charge in [-0.2, -0.15) is 5.26 Å². The van der Waals surface area contributed by atoms with Crippen molar-refractivity contribution in [3.8, 4) is 17.5 Å². The molecular formula is C31H23Cl2N3O3S. The number of ether oxygens (including phenoxy) is 1. The smallest absolute Gasteiger partial charge is 0.293 e. The number of thioether (sulfide) groups is 1.